The van der Waals surface area contributed by atoms with Gasteiger partial charge in [0.05, 0.1) is 11.0 Å². The molecule has 0 amide bonds. The Morgan fingerprint density at radius 2 is 1.78 bits per heavy atom. The van der Waals surface area contributed by atoms with Crippen molar-refractivity contribution in [2.45, 2.75) is 6.92 Å². The predicted molar refractivity (Wildman–Crippen MR) is 79.9 cm³/mol. The smallest absolute Gasteiger partial charge is 0.105 e. The summed E-state index contributed by atoms with van der Waals surface area (Å²) in [6.45, 7) is 2.05. The number of rotatable bonds is 1. The lowest BCUT2D eigenvalue weighted by Crippen LogP contribution is -2.11. The van der Waals surface area contributed by atoms with Gasteiger partial charge in [-0.15, -0.1) is 0 Å². The molecule has 3 aromatic rings. The molecule has 0 saturated heterocycles. The molecule has 2 N–H and O–H groups in total. The topological polar surface area (TPSA) is 38.9 Å². The van der Waals surface area contributed by atoms with E-state index in [0.717, 1.165) is 27.4 Å². The monoisotopic (exact) mass is 252 g/mol. The number of nitrogens with zero attached hydrogens (tertiary/aromatic N) is 1. The van der Waals surface area contributed by atoms with Crippen LogP contribution in [-0.2, 0) is 0 Å². The van der Waals surface area contributed by atoms with E-state index in [4.69, 9.17) is 18.0 Å². The van der Waals surface area contributed by atoms with Gasteiger partial charge in [0.2, 0.25) is 0 Å². The van der Waals surface area contributed by atoms with Crippen LogP contribution in [0.3, 0.4) is 0 Å². The van der Waals surface area contributed by atoms with E-state index in [1.807, 2.05) is 36.4 Å². The first-order valence-corrected chi connectivity index (χ1v) is 6.16. The van der Waals surface area contributed by atoms with Crippen LogP contribution < -0.4 is 5.73 Å². The zero-order chi connectivity index (χ0) is 12.7. The zero-order valence-corrected chi connectivity index (χ0v) is 10.8. The van der Waals surface area contributed by atoms with Crippen molar-refractivity contribution >= 4 is 39.0 Å². The lowest BCUT2D eigenvalue weighted by molar-refractivity contribution is 1.45. The van der Waals surface area contributed by atoms with Crippen LogP contribution in [0.5, 0.6) is 0 Å². The molecule has 0 aliphatic heterocycles. The number of hydrogen-bond donors (Lipinski definition) is 1. The van der Waals surface area contributed by atoms with Crippen molar-refractivity contribution in [3.05, 3.63) is 53.6 Å². The van der Waals surface area contributed by atoms with Gasteiger partial charge in [-0.2, -0.15) is 0 Å². The first-order chi connectivity index (χ1) is 8.66. The van der Waals surface area contributed by atoms with Gasteiger partial charge < -0.3 is 5.73 Å². The molecular formula is C15H12N2S. The molecule has 0 spiro atoms. The Labute approximate surface area is 110 Å². The summed E-state index contributed by atoms with van der Waals surface area (Å²) in [4.78, 5) is 5.07. The summed E-state index contributed by atoms with van der Waals surface area (Å²) in [6, 6.07) is 14.1. The van der Waals surface area contributed by atoms with Crippen molar-refractivity contribution in [1.82, 2.24) is 4.98 Å². The van der Waals surface area contributed by atoms with Gasteiger partial charge in [0, 0.05) is 16.3 Å². The maximum absolute atomic E-state index is 5.90. The third kappa shape index (κ3) is 1.64. The summed E-state index contributed by atoms with van der Waals surface area (Å²) >= 11 is 5.21. The lowest BCUT2D eigenvalue weighted by Gasteiger charge is -2.09. The maximum atomic E-state index is 5.90. The van der Waals surface area contributed by atoms with Gasteiger partial charge in [0.15, 0.2) is 0 Å². The number of benzene rings is 2. The number of fused-ring (bicyclic) bond motifs is 2. The molecule has 0 aliphatic carbocycles. The number of para-hydroxylation sites is 1. The van der Waals surface area contributed by atoms with E-state index in [9.17, 15) is 0 Å². The molecule has 0 bridgehead atoms. The van der Waals surface area contributed by atoms with E-state index in [-0.39, 0.29) is 0 Å². The molecule has 0 unspecified atom stereocenters. The standard InChI is InChI=1S/C15H12N2S/c1-9-6-7-13-11(8-9)14(15(16)18)10-4-2-3-5-12(10)17-13/h2-8H,1H3,(H2,16,18). The molecule has 2 aromatic carbocycles. The third-order valence-electron chi connectivity index (χ3n) is 3.08. The summed E-state index contributed by atoms with van der Waals surface area (Å²) < 4.78 is 0. The minimum absolute atomic E-state index is 0.421. The highest BCUT2D eigenvalue weighted by Crippen LogP contribution is 2.26. The van der Waals surface area contributed by atoms with Crippen LogP contribution in [0.1, 0.15) is 11.1 Å². The van der Waals surface area contributed by atoms with Gasteiger partial charge >= 0.3 is 0 Å². The predicted octanol–water partition coefficient (Wildman–Crippen LogP) is 3.33. The van der Waals surface area contributed by atoms with Crippen molar-refractivity contribution in [3.8, 4) is 0 Å². The Morgan fingerprint density at radius 1 is 1.06 bits per heavy atom. The minimum atomic E-state index is 0.421. The zero-order valence-electron chi connectivity index (χ0n) is 9.97. The van der Waals surface area contributed by atoms with Crippen molar-refractivity contribution in [1.29, 1.82) is 0 Å². The molecule has 0 fully saturated rings. The second kappa shape index (κ2) is 4.03. The van der Waals surface area contributed by atoms with Gasteiger partial charge in [-0.3, -0.25) is 0 Å². The summed E-state index contributed by atoms with van der Waals surface area (Å²) in [5, 5.41) is 2.05. The molecule has 1 aromatic heterocycles. The molecule has 3 heteroatoms. The summed E-state index contributed by atoms with van der Waals surface area (Å²) in [5.74, 6) is 0. The Balaban J connectivity index is 2.59. The van der Waals surface area contributed by atoms with Gasteiger partial charge in [-0.05, 0) is 25.1 Å². The molecule has 88 valence electrons. The van der Waals surface area contributed by atoms with Crippen molar-refractivity contribution < 1.29 is 0 Å². The first-order valence-electron chi connectivity index (χ1n) is 5.76. The highest BCUT2D eigenvalue weighted by Gasteiger charge is 2.10. The molecule has 3 rings (SSSR count). The Morgan fingerprint density at radius 3 is 2.56 bits per heavy atom. The summed E-state index contributed by atoms with van der Waals surface area (Å²) in [5.41, 5.74) is 9.86. The highest BCUT2D eigenvalue weighted by molar-refractivity contribution is 7.80. The van der Waals surface area contributed by atoms with Crippen LogP contribution in [0.25, 0.3) is 21.8 Å². The second-order valence-corrected chi connectivity index (χ2v) is 4.83. The number of aryl methyl sites for hydroxylation is 1. The number of nitrogens with two attached hydrogens (primary N) is 1. The van der Waals surface area contributed by atoms with Crippen LogP contribution in [0, 0.1) is 6.92 Å². The summed E-state index contributed by atoms with van der Waals surface area (Å²) in [6.07, 6.45) is 0. The van der Waals surface area contributed by atoms with E-state index >= 15 is 0 Å². The van der Waals surface area contributed by atoms with Gasteiger partial charge in [-0.25, -0.2) is 4.98 Å². The van der Waals surface area contributed by atoms with Gasteiger partial charge in [0.25, 0.3) is 0 Å². The Kier molecular flexibility index (Phi) is 2.49. The highest BCUT2D eigenvalue weighted by atomic mass is 32.1. The number of pyridine rings is 1. The maximum Gasteiger partial charge on any atom is 0.105 e. The first kappa shape index (κ1) is 11.1. The number of hydrogen-bond acceptors (Lipinski definition) is 2. The molecule has 0 aliphatic rings. The number of thiocarbonyl (C=S) groups is 1. The molecular weight excluding hydrogens is 240 g/mol. The second-order valence-electron chi connectivity index (χ2n) is 4.39. The molecule has 1 heterocycles. The third-order valence-corrected chi connectivity index (χ3v) is 3.29. The molecule has 0 saturated carbocycles. The Hall–Kier alpha value is -2.00. The van der Waals surface area contributed by atoms with Crippen molar-refractivity contribution in [2.75, 3.05) is 0 Å². The molecule has 2 nitrogen and oxygen atoms in total. The fourth-order valence-electron chi connectivity index (χ4n) is 2.27. The summed E-state index contributed by atoms with van der Waals surface area (Å²) in [7, 11) is 0. The minimum Gasteiger partial charge on any atom is -0.389 e. The average Bonchev–Trinajstić information content (AvgIpc) is 2.35. The van der Waals surface area contributed by atoms with Crippen LogP contribution in [0.2, 0.25) is 0 Å². The van der Waals surface area contributed by atoms with Crippen molar-refractivity contribution in [3.63, 3.8) is 0 Å². The van der Waals surface area contributed by atoms with E-state index in [1.165, 1.54) is 5.56 Å². The van der Waals surface area contributed by atoms with Crippen LogP contribution in [0.15, 0.2) is 42.5 Å². The SMILES string of the molecule is Cc1ccc2nc3ccccc3c(C(N)=S)c2c1. The van der Waals surface area contributed by atoms with Crippen LogP contribution in [-0.4, -0.2) is 9.97 Å². The van der Waals surface area contributed by atoms with Gasteiger partial charge in [-0.1, -0.05) is 42.0 Å². The fraction of sp³-hybridized carbons (Fsp3) is 0.0667. The van der Waals surface area contributed by atoms with Crippen LogP contribution in [0.4, 0.5) is 0 Å². The van der Waals surface area contributed by atoms with E-state index in [2.05, 4.69) is 18.0 Å². The Bertz CT molecular complexity index is 778. The van der Waals surface area contributed by atoms with E-state index in [0.29, 0.717) is 4.99 Å². The van der Waals surface area contributed by atoms with E-state index in [1.54, 1.807) is 0 Å². The fourth-order valence-corrected chi connectivity index (χ4v) is 2.49. The van der Waals surface area contributed by atoms with Crippen molar-refractivity contribution in [2.24, 2.45) is 5.73 Å². The van der Waals surface area contributed by atoms with Crippen LogP contribution >= 0.6 is 12.2 Å². The largest absolute Gasteiger partial charge is 0.389 e. The average molecular weight is 252 g/mol. The molecule has 18 heavy (non-hydrogen) atoms. The van der Waals surface area contributed by atoms with Gasteiger partial charge in [0.1, 0.15) is 4.99 Å². The normalized spacial score (nSPS) is 10.9. The lowest BCUT2D eigenvalue weighted by atomic mass is 10.0. The molecule has 0 atom stereocenters. The quantitative estimate of drug-likeness (QED) is 0.533. The van der Waals surface area contributed by atoms with E-state index < -0.39 is 0 Å². The number of aromatic nitrogens is 1. The molecule has 0 radical (unpaired) electrons.